The lowest BCUT2D eigenvalue weighted by Crippen LogP contribution is -2.49. The summed E-state index contributed by atoms with van der Waals surface area (Å²) in [5, 5.41) is 49.0. The topological polar surface area (TPSA) is 189 Å². The van der Waals surface area contributed by atoms with Crippen molar-refractivity contribution >= 4 is 0 Å². The van der Waals surface area contributed by atoms with Crippen molar-refractivity contribution < 1.29 is 63.1 Å². The van der Waals surface area contributed by atoms with Gasteiger partial charge < -0.3 is 68.4 Å². The van der Waals surface area contributed by atoms with Crippen LogP contribution in [0.15, 0.2) is 194 Å². The largest absolute Gasteiger partial charge is 0.497 e. The molecule has 0 bridgehead atoms. The lowest BCUT2D eigenvalue weighted by Gasteiger charge is -2.33. The van der Waals surface area contributed by atoms with Crippen LogP contribution in [0.25, 0.3) is 0 Å². The average Bonchev–Trinajstić information content (AvgIpc) is 1.18. The van der Waals surface area contributed by atoms with Gasteiger partial charge in [0.25, 0.3) is 0 Å². The number of rotatable bonds is 42. The van der Waals surface area contributed by atoms with E-state index in [2.05, 4.69) is 155 Å². The molecule has 542 valence electrons. The molecule has 17 heteroatoms. The van der Waals surface area contributed by atoms with Crippen molar-refractivity contribution in [1.29, 1.82) is 0 Å². The number of hydrogen-bond donors (Lipinski definition) is 5. The second kappa shape index (κ2) is 36.1. The Balaban J connectivity index is 0.770. The van der Waals surface area contributed by atoms with Crippen molar-refractivity contribution in [2.45, 2.75) is 114 Å². The second-order valence-electron chi connectivity index (χ2n) is 28.7. The smallest absolute Gasteiger partial charge is 0.122 e. The molecule has 1 fully saturated rings. The molecule has 8 aromatic rings. The highest BCUT2D eigenvalue weighted by Gasteiger charge is 2.29. The molecule has 1 aliphatic rings. The van der Waals surface area contributed by atoms with Crippen LogP contribution in [0, 0.1) is 0 Å². The Morgan fingerprint density at radius 2 is 0.614 bits per heavy atom. The van der Waals surface area contributed by atoms with Crippen LogP contribution < -0.4 is 43.2 Å². The van der Waals surface area contributed by atoms with Crippen molar-refractivity contribution in [2.75, 3.05) is 121 Å². The van der Waals surface area contributed by atoms with Gasteiger partial charge in [0, 0.05) is 67.5 Å². The molecule has 5 unspecified atom stereocenters. The third-order valence-electron chi connectivity index (χ3n) is 19.4. The monoisotopic (exact) mass is 1380 g/mol. The molecular weight excluding hydrogens is 1270 g/mol. The molecule has 5 atom stereocenters. The highest BCUT2D eigenvalue weighted by molar-refractivity contribution is 5.46. The molecule has 5 N–H and O–H groups in total. The molecule has 9 rings (SSSR count). The number of hydrogen-bond acceptors (Lipinski definition) is 17. The maximum absolute atomic E-state index is 11.7. The SMILES string of the molecule is CNCN(C)CN(CCN(CC(O)COc1ccc(C(C)(C)c2ccc(OC)cc2)cc1)CC(O)COc1ccc(C(C)(C)c2ccc(OCCC3CO3)cc2)cc1)CC(O)COc1ccc(C(C)(C)c2ccc(OCC(O)COc3ccc(C(C)(C)c4ccc(OC)cc4)cc3)cc2)cc1. The molecule has 0 amide bonds. The normalized spacial score (nSPS) is 14.7. The maximum atomic E-state index is 11.7. The van der Waals surface area contributed by atoms with Gasteiger partial charge in [-0.05, 0) is 156 Å². The van der Waals surface area contributed by atoms with Gasteiger partial charge in [0.1, 0.15) is 103 Å². The van der Waals surface area contributed by atoms with Gasteiger partial charge in [-0.15, -0.1) is 0 Å². The van der Waals surface area contributed by atoms with E-state index in [-0.39, 0.29) is 67.8 Å². The first kappa shape index (κ1) is 77.0. The van der Waals surface area contributed by atoms with Gasteiger partial charge in [-0.3, -0.25) is 14.7 Å². The molecule has 1 aliphatic heterocycles. The van der Waals surface area contributed by atoms with Crippen LogP contribution in [-0.4, -0.2) is 186 Å². The van der Waals surface area contributed by atoms with E-state index in [0.717, 1.165) is 69.2 Å². The van der Waals surface area contributed by atoms with E-state index in [1.54, 1.807) is 14.2 Å². The maximum Gasteiger partial charge on any atom is 0.122 e. The van der Waals surface area contributed by atoms with Gasteiger partial charge in [-0.1, -0.05) is 152 Å². The molecule has 101 heavy (non-hydrogen) atoms. The van der Waals surface area contributed by atoms with Crippen molar-refractivity contribution in [1.82, 2.24) is 20.0 Å². The zero-order chi connectivity index (χ0) is 72.2. The first-order valence-corrected chi connectivity index (χ1v) is 35.2. The van der Waals surface area contributed by atoms with Crippen LogP contribution in [0.2, 0.25) is 0 Å². The van der Waals surface area contributed by atoms with Crippen LogP contribution in [0.5, 0.6) is 46.0 Å². The lowest BCUT2D eigenvalue weighted by atomic mass is 9.78. The first-order chi connectivity index (χ1) is 48.4. The predicted molar refractivity (Wildman–Crippen MR) is 399 cm³/mol. The third kappa shape index (κ3) is 22.4. The molecule has 0 radical (unpaired) electrons. The zero-order valence-corrected chi connectivity index (χ0v) is 61.3. The molecule has 17 nitrogen and oxygen atoms in total. The van der Waals surface area contributed by atoms with Gasteiger partial charge in [0.15, 0.2) is 0 Å². The van der Waals surface area contributed by atoms with E-state index in [9.17, 15) is 20.4 Å². The Morgan fingerprint density at radius 1 is 0.376 bits per heavy atom. The van der Waals surface area contributed by atoms with Gasteiger partial charge >= 0.3 is 0 Å². The standard InChI is InChI=1S/C84H108N4O13/c1-81(2,60-13-29-72(93-11)30-14-60)63-19-35-75(36-20-63)96-52-68(89)49-87(50-69(90)53-97-76-37-21-65(22-38-76)83(5,6)62-17-33-74(34-18-62)95-48-45-80-57-101-80)46-47-88(59-86(10)58-85-9)51-70(91)54-98-77-39-23-66(24-40-77)84(7,8)67-27-43-79(44-28-67)100-56-71(92)55-99-78-41-25-64(26-42-78)82(3,4)61-15-31-73(94-12)32-16-61/h13-44,68-71,80,85,89-92H,45-59H2,1-12H3. The number of nitrogens with zero attached hydrogens (tertiary/aromatic N) is 3. The Hall–Kier alpha value is -8.20. The van der Waals surface area contributed by atoms with Gasteiger partial charge in [-0.2, -0.15) is 0 Å². The molecular formula is C84H108N4O13. The number of ether oxygens (including phenoxy) is 9. The summed E-state index contributed by atoms with van der Waals surface area (Å²) >= 11 is 0. The van der Waals surface area contributed by atoms with Crippen LogP contribution in [0.3, 0.4) is 0 Å². The summed E-state index contributed by atoms with van der Waals surface area (Å²) in [6.07, 6.45) is -2.27. The summed E-state index contributed by atoms with van der Waals surface area (Å²) in [6, 6.07) is 64.4. The van der Waals surface area contributed by atoms with Gasteiger partial charge in [0.05, 0.1) is 40.2 Å². The predicted octanol–water partition coefficient (Wildman–Crippen LogP) is 12.3. The minimum Gasteiger partial charge on any atom is -0.497 e. The summed E-state index contributed by atoms with van der Waals surface area (Å²) in [6.45, 7) is 22.0. The van der Waals surface area contributed by atoms with E-state index in [4.69, 9.17) is 42.6 Å². The number of benzene rings is 8. The number of nitrogens with one attached hydrogen (secondary N) is 1. The van der Waals surface area contributed by atoms with E-state index < -0.39 is 24.4 Å². The van der Waals surface area contributed by atoms with Crippen LogP contribution in [-0.2, 0) is 26.4 Å². The molecule has 1 heterocycles. The van der Waals surface area contributed by atoms with Gasteiger partial charge in [0.2, 0.25) is 0 Å². The fourth-order valence-corrected chi connectivity index (χ4v) is 12.5. The fourth-order valence-electron chi connectivity index (χ4n) is 12.5. The molecule has 1 saturated heterocycles. The quantitative estimate of drug-likeness (QED) is 0.0179. The van der Waals surface area contributed by atoms with Crippen molar-refractivity contribution in [3.8, 4) is 46.0 Å². The highest BCUT2D eigenvalue weighted by Crippen LogP contribution is 2.38. The Morgan fingerprint density at radius 3 is 0.871 bits per heavy atom. The summed E-state index contributed by atoms with van der Waals surface area (Å²) in [5.74, 6) is 5.69. The molecule has 0 saturated carbocycles. The molecule has 8 aromatic carbocycles. The third-order valence-corrected chi connectivity index (χ3v) is 19.4. The summed E-state index contributed by atoms with van der Waals surface area (Å²) < 4.78 is 52.6. The van der Waals surface area contributed by atoms with E-state index in [1.165, 1.54) is 5.56 Å². The minimum absolute atomic E-state index is 0.0279. The Kier molecular flexibility index (Phi) is 27.5. The number of aliphatic hydroxyl groups excluding tert-OH is 4. The number of aliphatic hydroxyl groups is 4. The average molecular weight is 1380 g/mol. The van der Waals surface area contributed by atoms with E-state index in [1.807, 2.05) is 128 Å². The highest BCUT2D eigenvalue weighted by atomic mass is 16.6. The number of epoxide rings is 1. The van der Waals surface area contributed by atoms with Crippen molar-refractivity contribution in [3.05, 3.63) is 239 Å². The van der Waals surface area contributed by atoms with Crippen molar-refractivity contribution in [2.24, 2.45) is 0 Å². The van der Waals surface area contributed by atoms with E-state index >= 15 is 0 Å². The minimum atomic E-state index is -0.907. The zero-order valence-electron chi connectivity index (χ0n) is 61.3. The molecule has 0 spiro atoms. The van der Waals surface area contributed by atoms with Crippen LogP contribution >= 0.6 is 0 Å². The lowest BCUT2D eigenvalue weighted by molar-refractivity contribution is 0.0157. The molecule has 0 aromatic heterocycles. The van der Waals surface area contributed by atoms with Crippen LogP contribution in [0.4, 0.5) is 0 Å². The fraction of sp³-hybridized carbons (Fsp3) is 0.429. The summed E-state index contributed by atoms with van der Waals surface area (Å²) in [5.41, 5.74) is 7.87. The number of methoxy groups -OCH3 is 2. The summed E-state index contributed by atoms with van der Waals surface area (Å²) in [7, 11) is 7.24. The first-order valence-electron chi connectivity index (χ1n) is 35.2. The Bertz CT molecular complexity index is 3720. The van der Waals surface area contributed by atoms with Crippen molar-refractivity contribution in [3.63, 3.8) is 0 Å². The Labute approximate surface area is 599 Å². The molecule has 0 aliphatic carbocycles. The van der Waals surface area contributed by atoms with Crippen LogP contribution in [0.1, 0.15) is 106 Å². The van der Waals surface area contributed by atoms with Gasteiger partial charge in [-0.25, -0.2) is 0 Å². The summed E-state index contributed by atoms with van der Waals surface area (Å²) in [4.78, 5) is 6.30. The second-order valence-corrected chi connectivity index (χ2v) is 28.7. The van der Waals surface area contributed by atoms with E-state index in [0.29, 0.717) is 74.4 Å².